The average molecular weight is 388 g/mol. The Morgan fingerprint density at radius 2 is 1.85 bits per heavy atom. The topological polar surface area (TPSA) is 84.4 Å². The van der Waals surface area contributed by atoms with Crippen molar-refractivity contribution in [1.29, 1.82) is 0 Å². The Labute approximate surface area is 160 Å². The van der Waals surface area contributed by atoms with E-state index in [1.807, 2.05) is 43.0 Å². The van der Waals surface area contributed by atoms with E-state index in [-0.39, 0.29) is 6.54 Å². The number of nitrogens with zero attached hydrogens (tertiary/aromatic N) is 3. The van der Waals surface area contributed by atoms with Gasteiger partial charge in [0.15, 0.2) is 0 Å². The van der Waals surface area contributed by atoms with Gasteiger partial charge in [0.25, 0.3) is 0 Å². The predicted octanol–water partition coefficient (Wildman–Crippen LogP) is 2.02. The van der Waals surface area contributed by atoms with Crippen LogP contribution >= 0.6 is 0 Å². The molecule has 0 aliphatic carbocycles. The van der Waals surface area contributed by atoms with Crippen molar-refractivity contribution in [3.63, 3.8) is 0 Å². The van der Waals surface area contributed by atoms with Crippen molar-refractivity contribution in [3.05, 3.63) is 58.3 Å². The van der Waals surface area contributed by atoms with Gasteiger partial charge in [-0.05, 0) is 31.6 Å². The maximum Gasteiger partial charge on any atom is 0.234 e. The van der Waals surface area contributed by atoms with Crippen molar-refractivity contribution in [3.8, 4) is 0 Å². The Morgan fingerprint density at radius 3 is 2.56 bits per heavy atom. The smallest absolute Gasteiger partial charge is 0.234 e. The standard InChI is InChI=1S/C19H24N4O3S/c1-15-3-5-17(6-4-15)7-12-27(24,25)20-14-18-13-16(2)21-19(22-18)23-8-10-26-11-9-23/h3-7,12-13,20H,8-11,14H2,1-2H3/b12-7+. The van der Waals surface area contributed by atoms with Gasteiger partial charge in [0.05, 0.1) is 25.5 Å². The summed E-state index contributed by atoms with van der Waals surface area (Å²) >= 11 is 0. The van der Waals surface area contributed by atoms with E-state index in [2.05, 4.69) is 14.7 Å². The van der Waals surface area contributed by atoms with Crippen LogP contribution in [-0.4, -0.2) is 44.7 Å². The lowest BCUT2D eigenvalue weighted by atomic mass is 10.2. The predicted molar refractivity (Wildman–Crippen MR) is 106 cm³/mol. The number of hydrogen-bond acceptors (Lipinski definition) is 6. The zero-order chi connectivity index (χ0) is 19.3. The summed E-state index contributed by atoms with van der Waals surface area (Å²) in [5, 5.41) is 1.18. The molecule has 3 rings (SSSR count). The van der Waals surface area contributed by atoms with Crippen LogP contribution in [0.15, 0.2) is 35.7 Å². The fourth-order valence-electron chi connectivity index (χ4n) is 2.68. The molecular weight excluding hydrogens is 364 g/mol. The lowest BCUT2D eigenvalue weighted by Crippen LogP contribution is -2.37. The van der Waals surface area contributed by atoms with Crippen molar-refractivity contribution in [2.45, 2.75) is 20.4 Å². The van der Waals surface area contributed by atoms with Crippen LogP contribution in [0.5, 0.6) is 0 Å². The molecular formula is C19H24N4O3S. The Kier molecular flexibility index (Phi) is 6.20. The van der Waals surface area contributed by atoms with Crippen LogP contribution < -0.4 is 9.62 Å². The van der Waals surface area contributed by atoms with E-state index in [9.17, 15) is 8.42 Å². The molecule has 0 saturated carbocycles. The van der Waals surface area contributed by atoms with Gasteiger partial charge in [0, 0.05) is 24.2 Å². The zero-order valence-electron chi connectivity index (χ0n) is 15.6. The lowest BCUT2D eigenvalue weighted by Gasteiger charge is -2.27. The second-order valence-corrected chi connectivity index (χ2v) is 8.13. The number of hydrogen-bond donors (Lipinski definition) is 1. The van der Waals surface area contributed by atoms with E-state index in [1.165, 1.54) is 5.41 Å². The third kappa shape index (κ3) is 5.85. The number of benzene rings is 1. The molecule has 144 valence electrons. The summed E-state index contributed by atoms with van der Waals surface area (Å²) in [5.74, 6) is 0.614. The van der Waals surface area contributed by atoms with Gasteiger partial charge in [0.2, 0.25) is 16.0 Å². The molecule has 0 spiro atoms. The van der Waals surface area contributed by atoms with Crippen molar-refractivity contribution in [1.82, 2.24) is 14.7 Å². The highest BCUT2D eigenvalue weighted by Crippen LogP contribution is 2.13. The highest BCUT2D eigenvalue weighted by Gasteiger charge is 2.15. The van der Waals surface area contributed by atoms with Gasteiger partial charge in [0.1, 0.15) is 0 Å². The zero-order valence-corrected chi connectivity index (χ0v) is 16.4. The molecule has 1 aromatic heterocycles. The maximum absolute atomic E-state index is 12.2. The summed E-state index contributed by atoms with van der Waals surface area (Å²) in [5.41, 5.74) is 3.40. The Hall–Kier alpha value is -2.29. The Bertz CT molecular complexity index is 905. The molecule has 2 heterocycles. The summed E-state index contributed by atoms with van der Waals surface area (Å²) in [4.78, 5) is 11.0. The van der Waals surface area contributed by atoms with Gasteiger partial charge in [-0.15, -0.1) is 0 Å². The van der Waals surface area contributed by atoms with Gasteiger partial charge >= 0.3 is 0 Å². The second-order valence-electron chi connectivity index (χ2n) is 6.48. The molecule has 7 nitrogen and oxygen atoms in total. The number of rotatable bonds is 6. The highest BCUT2D eigenvalue weighted by atomic mass is 32.2. The lowest BCUT2D eigenvalue weighted by molar-refractivity contribution is 0.122. The first-order valence-corrected chi connectivity index (χ1v) is 10.4. The first kappa shape index (κ1) is 19.5. The summed E-state index contributed by atoms with van der Waals surface area (Å²) in [6, 6.07) is 9.43. The van der Waals surface area contributed by atoms with E-state index < -0.39 is 10.0 Å². The van der Waals surface area contributed by atoms with Crippen LogP contribution in [0, 0.1) is 13.8 Å². The van der Waals surface area contributed by atoms with Crippen molar-refractivity contribution >= 4 is 22.0 Å². The molecule has 2 aromatic rings. The SMILES string of the molecule is Cc1ccc(/C=C/S(=O)(=O)NCc2cc(C)nc(N3CCOCC3)n2)cc1. The number of morpholine rings is 1. The molecule has 1 fully saturated rings. The first-order valence-electron chi connectivity index (χ1n) is 8.83. The van der Waals surface area contributed by atoms with Gasteiger partial charge in [-0.1, -0.05) is 29.8 Å². The van der Waals surface area contributed by atoms with Crippen LogP contribution in [0.25, 0.3) is 6.08 Å². The maximum atomic E-state index is 12.2. The number of nitrogens with one attached hydrogen (secondary N) is 1. The van der Waals surface area contributed by atoms with E-state index in [0.717, 1.165) is 29.9 Å². The van der Waals surface area contributed by atoms with Gasteiger partial charge in [-0.3, -0.25) is 0 Å². The molecule has 0 atom stereocenters. The molecule has 27 heavy (non-hydrogen) atoms. The van der Waals surface area contributed by atoms with Crippen LogP contribution in [0.3, 0.4) is 0 Å². The summed E-state index contributed by atoms with van der Waals surface area (Å²) < 4.78 is 32.4. The summed E-state index contributed by atoms with van der Waals surface area (Å²) in [7, 11) is -3.56. The molecule has 0 unspecified atom stereocenters. The number of anilines is 1. The molecule has 0 bridgehead atoms. The van der Waals surface area contributed by atoms with Crippen molar-refractivity contribution in [2.24, 2.45) is 0 Å². The third-order valence-electron chi connectivity index (χ3n) is 4.16. The van der Waals surface area contributed by atoms with Crippen LogP contribution in [0.2, 0.25) is 0 Å². The van der Waals surface area contributed by atoms with E-state index in [4.69, 9.17) is 4.74 Å². The number of sulfonamides is 1. The molecule has 1 aromatic carbocycles. The molecule has 1 N–H and O–H groups in total. The highest BCUT2D eigenvalue weighted by molar-refractivity contribution is 7.92. The van der Waals surface area contributed by atoms with Crippen molar-refractivity contribution in [2.75, 3.05) is 31.2 Å². The minimum Gasteiger partial charge on any atom is -0.378 e. The fraction of sp³-hybridized carbons (Fsp3) is 0.368. The van der Waals surface area contributed by atoms with Gasteiger partial charge < -0.3 is 9.64 Å². The molecule has 1 aliphatic heterocycles. The van der Waals surface area contributed by atoms with E-state index >= 15 is 0 Å². The molecule has 1 saturated heterocycles. The van der Waals surface area contributed by atoms with Crippen LogP contribution in [0.4, 0.5) is 5.95 Å². The second kappa shape index (κ2) is 8.60. The van der Waals surface area contributed by atoms with Crippen LogP contribution in [-0.2, 0) is 21.3 Å². The number of aryl methyl sites for hydroxylation is 2. The number of ether oxygens (including phenoxy) is 1. The van der Waals surface area contributed by atoms with Gasteiger partial charge in [-0.25, -0.2) is 23.1 Å². The normalized spacial score (nSPS) is 15.4. The minimum absolute atomic E-state index is 0.112. The third-order valence-corrected chi connectivity index (χ3v) is 5.20. The summed E-state index contributed by atoms with van der Waals surface area (Å²) in [6.07, 6.45) is 1.58. The summed E-state index contributed by atoms with van der Waals surface area (Å²) in [6.45, 7) is 6.72. The van der Waals surface area contributed by atoms with Gasteiger partial charge in [-0.2, -0.15) is 0 Å². The largest absolute Gasteiger partial charge is 0.378 e. The Balaban J connectivity index is 1.66. The quantitative estimate of drug-likeness (QED) is 0.815. The fourth-order valence-corrected chi connectivity index (χ4v) is 3.46. The van der Waals surface area contributed by atoms with E-state index in [1.54, 1.807) is 12.1 Å². The van der Waals surface area contributed by atoms with Crippen LogP contribution in [0.1, 0.15) is 22.5 Å². The molecule has 0 radical (unpaired) electrons. The van der Waals surface area contributed by atoms with Crippen molar-refractivity contribution < 1.29 is 13.2 Å². The number of aromatic nitrogens is 2. The van der Waals surface area contributed by atoms with E-state index in [0.29, 0.717) is 24.9 Å². The molecule has 1 aliphatic rings. The average Bonchev–Trinajstić information content (AvgIpc) is 2.66. The molecule has 8 heteroatoms. The Morgan fingerprint density at radius 1 is 1.15 bits per heavy atom. The molecule has 0 amide bonds. The monoisotopic (exact) mass is 388 g/mol. The minimum atomic E-state index is -3.56. The first-order chi connectivity index (χ1) is 12.9.